The van der Waals surface area contributed by atoms with Gasteiger partial charge in [0.25, 0.3) is 0 Å². The number of nitrogens with two attached hydrogens (primary N) is 1. The summed E-state index contributed by atoms with van der Waals surface area (Å²) in [4.78, 5) is 10.9. The van der Waals surface area contributed by atoms with Crippen molar-refractivity contribution >= 4 is 5.97 Å². The van der Waals surface area contributed by atoms with Gasteiger partial charge in [-0.3, -0.25) is 4.79 Å². The number of carboxylic acid groups (broad SMARTS) is 1. The van der Waals surface area contributed by atoms with E-state index in [-0.39, 0.29) is 23.0 Å². The highest BCUT2D eigenvalue weighted by molar-refractivity contribution is 5.77. The van der Waals surface area contributed by atoms with Crippen LogP contribution in [-0.2, 0) is 4.79 Å². The lowest BCUT2D eigenvalue weighted by Gasteiger charge is -2.16. The highest BCUT2D eigenvalue weighted by atomic mass is 16.5. The third-order valence-corrected chi connectivity index (χ3v) is 2.61. The summed E-state index contributed by atoms with van der Waals surface area (Å²) in [5.41, 5.74) is 6.55. The number of methoxy groups -OCH3 is 1. The van der Waals surface area contributed by atoms with Crippen LogP contribution in [0.3, 0.4) is 0 Å². The first kappa shape index (κ1) is 13.3. The standard InChI is InChI=1S/C12H17NO4/c1-6(2)7-4-8(10(13)12(15)16)11(14)9(5-7)17-3/h4-6,10,14H,13H2,1-3H3,(H,15,16). The molecule has 1 atom stereocenters. The van der Waals surface area contributed by atoms with Gasteiger partial charge in [-0.2, -0.15) is 0 Å². The van der Waals surface area contributed by atoms with Gasteiger partial charge in [0.1, 0.15) is 6.04 Å². The molecule has 0 spiro atoms. The molecule has 1 aromatic carbocycles. The van der Waals surface area contributed by atoms with Gasteiger partial charge < -0.3 is 20.7 Å². The van der Waals surface area contributed by atoms with Crippen LogP contribution in [0.1, 0.15) is 36.9 Å². The van der Waals surface area contributed by atoms with Crippen molar-refractivity contribution in [2.24, 2.45) is 5.73 Å². The molecule has 0 fully saturated rings. The average molecular weight is 239 g/mol. The van der Waals surface area contributed by atoms with Crippen molar-refractivity contribution < 1.29 is 19.7 Å². The van der Waals surface area contributed by atoms with Crippen molar-refractivity contribution in [3.63, 3.8) is 0 Å². The smallest absolute Gasteiger partial charge is 0.325 e. The fourth-order valence-electron chi connectivity index (χ4n) is 1.51. The Kier molecular flexibility index (Phi) is 3.96. The van der Waals surface area contributed by atoms with Gasteiger partial charge in [0.15, 0.2) is 11.5 Å². The van der Waals surface area contributed by atoms with E-state index in [4.69, 9.17) is 15.6 Å². The Morgan fingerprint density at radius 2 is 2.00 bits per heavy atom. The van der Waals surface area contributed by atoms with E-state index in [0.29, 0.717) is 0 Å². The van der Waals surface area contributed by atoms with E-state index in [9.17, 15) is 9.90 Å². The van der Waals surface area contributed by atoms with Crippen LogP contribution in [0, 0.1) is 0 Å². The maximum atomic E-state index is 10.9. The monoisotopic (exact) mass is 239 g/mol. The van der Waals surface area contributed by atoms with E-state index in [1.807, 2.05) is 13.8 Å². The topological polar surface area (TPSA) is 92.8 Å². The minimum absolute atomic E-state index is 0.167. The molecular formula is C12H17NO4. The van der Waals surface area contributed by atoms with Crippen LogP contribution >= 0.6 is 0 Å². The number of ether oxygens (including phenoxy) is 1. The quantitative estimate of drug-likeness (QED) is 0.742. The van der Waals surface area contributed by atoms with E-state index in [1.165, 1.54) is 7.11 Å². The minimum Gasteiger partial charge on any atom is -0.504 e. The molecule has 5 nitrogen and oxygen atoms in total. The number of benzene rings is 1. The molecule has 0 saturated heterocycles. The summed E-state index contributed by atoms with van der Waals surface area (Å²) in [6, 6.07) is 2.02. The summed E-state index contributed by atoms with van der Waals surface area (Å²) in [5, 5.41) is 18.7. The summed E-state index contributed by atoms with van der Waals surface area (Å²) in [6.45, 7) is 3.92. The molecule has 1 aromatic rings. The van der Waals surface area contributed by atoms with Crippen LogP contribution in [0.25, 0.3) is 0 Å². The molecular weight excluding hydrogens is 222 g/mol. The van der Waals surface area contributed by atoms with E-state index in [2.05, 4.69) is 0 Å². The summed E-state index contributed by atoms with van der Waals surface area (Å²) in [5.74, 6) is -0.984. The van der Waals surface area contributed by atoms with Crippen molar-refractivity contribution in [1.29, 1.82) is 0 Å². The fraction of sp³-hybridized carbons (Fsp3) is 0.417. The number of aliphatic carboxylic acids is 1. The summed E-state index contributed by atoms with van der Waals surface area (Å²) in [6.07, 6.45) is 0. The van der Waals surface area contributed by atoms with Crippen LogP contribution in [0.15, 0.2) is 12.1 Å². The molecule has 0 aliphatic carbocycles. The zero-order chi connectivity index (χ0) is 13.2. The van der Waals surface area contributed by atoms with E-state index in [0.717, 1.165) is 5.56 Å². The number of hydrogen-bond donors (Lipinski definition) is 3. The summed E-state index contributed by atoms with van der Waals surface area (Å²) < 4.78 is 5.01. The van der Waals surface area contributed by atoms with Crippen molar-refractivity contribution in [2.75, 3.05) is 7.11 Å². The van der Waals surface area contributed by atoms with Gasteiger partial charge in [0, 0.05) is 5.56 Å². The number of aromatic hydroxyl groups is 1. The molecule has 0 bridgehead atoms. The van der Waals surface area contributed by atoms with Crippen molar-refractivity contribution in [1.82, 2.24) is 0 Å². The molecule has 0 aliphatic heterocycles. The van der Waals surface area contributed by atoms with Gasteiger partial charge >= 0.3 is 5.97 Å². The van der Waals surface area contributed by atoms with Crippen molar-refractivity contribution in [3.8, 4) is 11.5 Å². The van der Waals surface area contributed by atoms with Crippen LogP contribution in [0.2, 0.25) is 0 Å². The highest BCUT2D eigenvalue weighted by Gasteiger charge is 2.22. The molecule has 17 heavy (non-hydrogen) atoms. The second-order valence-electron chi connectivity index (χ2n) is 4.13. The molecule has 0 aliphatic rings. The van der Waals surface area contributed by atoms with E-state index < -0.39 is 12.0 Å². The molecule has 0 amide bonds. The van der Waals surface area contributed by atoms with Crippen LogP contribution < -0.4 is 10.5 Å². The largest absolute Gasteiger partial charge is 0.504 e. The third kappa shape index (κ3) is 2.68. The molecule has 0 saturated carbocycles. The molecule has 0 radical (unpaired) electrons. The zero-order valence-electron chi connectivity index (χ0n) is 10.1. The molecule has 94 valence electrons. The number of carboxylic acids is 1. The fourth-order valence-corrected chi connectivity index (χ4v) is 1.51. The predicted octanol–water partition coefficient (Wildman–Crippen LogP) is 1.61. The Morgan fingerprint density at radius 3 is 2.41 bits per heavy atom. The molecule has 4 N–H and O–H groups in total. The lowest BCUT2D eigenvalue weighted by atomic mass is 9.96. The van der Waals surface area contributed by atoms with Crippen LogP contribution in [0.5, 0.6) is 11.5 Å². The Labute approximate surface area is 99.8 Å². The summed E-state index contributed by atoms with van der Waals surface area (Å²) >= 11 is 0. The number of phenolic OH excluding ortho intramolecular Hbond substituents is 1. The SMILES string of the molecule is COc1cc(C(C)C)cc(C(N)C(=O)O)c1O. The first-order valence-corrected chi connectivity index (χ1v) is 5.27. The first-order valence-electron chi connectivity index (χ1n) is 5.27. The van der Waals surface area contributed by atoms with Gasteiger partial charge in [-0.05, 0) is 23.6 Å². The number of phenols is 1. The Morgan fingerprint density at radius 1 is 1.41 bits per heavy atom. The lowest BCUT2D eigenvalue weighted by Crippen LogP contribution is -2.21. The summed E-state index contributed by atoms with van der Waals surface area (Å²) in [7, 11) is 1.41. The van der Waals surface area contributed by atoms with Gasteiger partial charge in [0.05, 0.1) is 7.11 Å². The van der Waals surface area contributed by atoms with E-state index in [1.54, 1.807) is 12.1 Å². The molecule has 5 heteroatoms. The number of rotatable bonds is 4. The Bertz CT molecular complexity index is 429. The van der Waals surface area contributed by atoms with Gasteiger partial charge in [0.2, 0.25) is 0 Å². The highest BCUT2D eigenvalue weighted by Crippen LogP contribution is 2.36. The molecule has 0 heterocycles. The maximum absolute atomic E-state index is 10.9. The van der Waals surface area contributed by atoms with E-state index >= 15 is 0 Å². The molecule has 1 rings (SSSR count). The molecule has 0 aromatic heterocycles. The average Bonchev–Trinajstić information content (AvgIpc) is 2.27. The normalized spacial score (nSPS) is 12.5. The zero-order valence-corrected chi connectivity index (χ0v) is 10.1. The Hall–Kier alpha value is -1.75. The number of carbonyl (C=O) groups is 1. The van der Waals surface area contributed by atoms with Crippen LogP contribution in [-0.4, -0.2) is 23.3 Å². The molecule has 1 unspecified atom stereocenters. The van der Waals surface area contributed by atoms with Gasteiger partial charge in [-0.1, -0.05) is 13.8 Å². The van der Waals surface area contributed by atoms with Crippen LogP contribution in [0.4, 0.5) is 0 Å². The minimum atomic E-state index is -1.26. The maximum Gasteiger partial charge on any atom is 0.325 e. The lowest BCUT2D eigenvalue weighted by molar-refractivity contribution is -0.138. The van der Waals surface area contributed by atoms with Gasteiger partial charge in [-0.25, -0.2) is 0 Å². The third-order valence-electron chi connectivity index (χ3n) is 2.61. The van der Waals surface area contributed by atoms with Crippen molar-refractivity contribution in [2.45, 2.75) is 25.8 Å². The predicted molar refractivity (Wildman–Crippen MR) is 63.3 cm³/mol. The Balaban J connectivity index is 3.37. The van der Waals surface area contributed by atoms with Crippen molar-refractivity contribution in [3.05, 3.63) is 23.3 Å². The van der Waals surface area contributed by atoms with Gasteiger partial charge in [-0.15, -0.1) is 0 Å². The first-order chi connectivity index (χ1) is 7.88. The second kappa shape index (κ2) is 5.05. The number of hydrogen-bond acceptors (Lipinski definition) is 4. The second-order valence-corrected chi connectivity index (χ2v) is 4.13.